The summed E-state index contributed by atoms with van der Waals surface area (Å²) in [5.41, 5.74) is 0.828. The molecule has 7 nitrogen and oxygen atoms in total. The fourth-order valence-electron chi connectivity index (χ4n) is 13.5. The summed E-state index contributed by atoms with van der Waals surface area (Å²) in [5, 5.41) is 21.8. The maximum absolute atomic E-state index is 14.0. The molecule has 0 aromatic carbocycles. The number of allylic oxidation sites excluding steroid dienone is 1. The lowest BCUT2D eigenvalue weighted by Gasteiger charge is -2.72. The van der Waals surface area contributed by atoms with Gasteiger partial charge in [0.2, 0.25) is 0 Å². The summed E-state index contributed by atoms with van der Waals surface area (Å²) in [5.74, 6) is 0.286. The number of fused-ring (bicyclic) bond motifs is 7. The average molecular weight is 682 g/mol. The minimum Gasteiger partial charge on any atom is -0.481 e. The zero-order valence-electron chi connectivity index (χ0n) is 32.3. The minimum absolute atomic E-state index is 0.0359. The number of Topliss-reactive ketones (excluding diaryl/α,β-unsaturated/α-hetero) is 1. The number of β-amino-alcohol motifs (C(OH)–C–C–N with tert-alkyl or cyclic N) is 1. The first-order valence-electron chi connectivity index (χ1n) is 19.9. The first-order chi connectivity index (χ1) is 22.7. The Morgan fingerprint density at radius 2 is 1.57 bits per heavy atom. The molecule has 276 valence electrons. The number of esters is 1. The van der Waals surface area contributed by atoms with Crippen molar-refractivity contribution in [1.29, 1.82) is 0 Å². The number of nitrogens with zero attached hydrogens (tertiary/aromatic N) is 1. The van der Waals surface area contributed by atoms with E-state index in [0.717, 1.165) is 70.0 Å². The Morgan fingerprint density at radius 3 is 2.20 bits per heavy atom. The smallest absolute Gasteiger partial charge is 0.309 e. The van der Waals surface area contributed by atoms with Gasteiger partial charge in [0.05, 0.1) is 17.9 Å². The van der Waals surface area contributed by atoms with Crippen molar-refractivity contribution in [3.8, 4) is 0 Å². The Morgan fingerprint density at radius 1 is 0.898 bits per heavy atom. The SMILES string of the molecule is CC(C)C1=C2[C@H]3CC[C@@H]4[C@@]5(C)CC[C@H](OC(=O)CC(C)(C)C(=O)O)C(C)(C)[C@@H]5CC[C@@]4(C)[C@]3(C)CC[C@@]2([C@@H](O)CN2CCCCC2)CC1=O. The summed E-state index contributed by atoms with van der Waals surface area (Å²) >= 11 is 0. The molecule has 5 fully saturated rings. The molecule has 7 heteroatoms. The van der Waals surface area contributed by atoms with Crippen molar-refractivity contribution in [2.75, 3.05) is 19.6 Å². The molecule has 2 N–H and O–H groups in total. The van der Waals surface area contributed by atoms with Gasteiger partial charge in [-0.15, -0.1) is 0 Å². The third-order valence-corrected chi connectivity index (χ3v) is 16.4. The van der Waals surface area contributed by atoms with Crippen LogP contribution in [0, 0.1) is 56.2 Å². The van der Waals surface area contributed by atoms with Crippen LogP contribution >= 0.6 is 0 Å². The van der Waals surface area contributed by atoms with Crippen LogP contribution in [-0.4, -0.2) is 64.7 Å². The van der Waals surface area contributed by atoms with E-state index in [1.807, 2.05) is 0 Å². The van der Waals surface area contributed by atoms with E-state index in [9.17, 15) is 24.6 Å². The van der Waals surface area contributed by atoms with E-state index in [-0.39, 0.29) is 45.9 Å². The maximum atomic E-state index is 14.0. The summed E-state index contributed by atoms with van der Waals surface area (Å²) in [7, 11) is 0. The zero-order chi connectivity index (χ0) is 35.9. The molecule has 9 atom stereocenters. The highest BCUT2D eigenvalue weighted by atomic mass is 16.5. The Bertz CT molecular complexity index is 1370. The summed E-state index contributed by atoms with van der Waals surface area (Å²) < 4.78 is 6.17. The van der Waals surface area contributed by atoms with Gasteiger partial charge in [-0.25, -0.2) is 0 Å². The lowest BCUT2D eigenvalue weighted by molar-refractivity contribution is -0.235. The van der Waals surface area contributed by atoms with Gasteiger partial charge >= 0.3 is 11.9 Å². The van der Waals surface area contributed by atoms with Crippen molar-refractivity contribution in [2.24, 2.45) is 56.2 Å². The fraction of sp³-hybridized carbons (Fsp3) is 0.881. The van der Waals surface area contributed by atoms with Crippen LogP contribution in [0.2, 0.25) is 0 Å². The molecule has 0 spiro atoms. The Labute approximate surface area is 296 Å². The second kappa shape index (κ2) is 12.5. The number of piperidine rings is 1. The highest BCUT2D eigenvalue weighted by Crippen LogP contribution is 2.77. The number of carbonyl (C=O) groups is 3. The Balaban J connectivity index is 1.29. The number of hydrogen-bond donors (Lipinski definition) is 2. The highest BCUT2D eigenvalue weighted by molar-refractivity contribution is 6.00. The third-order valence-electron chi connectivity index (χ3n) is 16.4. The summed E-state index contributed by atoms with van der Waals surface area (Å²) in [6, 6.07) is 0. The molecule has 6 aliphatic rings. The second-order valence-electron chi connectivity index (χ2n) is 19.9. The van der Waals surface area contributed by atoms with Crippen LogP contribution in [0.25, 0.3) is 0 Å². The van der Waals surface area contributed by atoms with Crippen LogP contribution in [0.3, 0.4) is 0 Å². The summed E-state index contributed by atoms with van der Waals surface area (Å²) in [4.78, 5) is 41.3. The van der Waals surface area contributed by atoms with Gasteiger partial charge in [-0.05, 0) is 137 Å². The van der Waals surface area contributed by atoms with Crippen molar-refractivity contribution in [2.45, 2.75) is 158 Å². The van der Waals surface area contributed by atoms with Crippen LogP contribution in [0.1, 0.15) is 146 Å². The number of ketones is 1. The molecule has 0 amide bonds. The van der Waals surface area contributed by atoms with E-state index < -0.39 is 28.9 Å². The van der Waals surface area contributed by atoms with Crippen molar-refractivity contribution < 1.29 is 29.3 Å². The topological polar surface area (TPSA) is 104 Å². The molecule has 0 aromatic heterocycles. The standard InChI is InChI=1S/C42H67NO6/c1-26(2)34-28(44)23-42(31(45)25-43-21-11-10-12-22-43)20-19-40(8)27(35(34)42)13-14-30-39(7)17-16-32(49-33(46)24-37(3,4)36(47)48)38(5,6)29(39)15-18-41(30,40)9/h26-27,29-32,45H,10-25H2,1-9H3,(H,47,48)/t27-,29+,30-,31+,32+,39+,40-,41-,42+/m1/s1. The number of ether oxygens (including phenoxy) is 1. The molecule has 6 rings (SSSR count). The predicted octanol–water partition coefficient (Wildman–Crippen LogP) is 8.23. The van der Waals surface area contributed by atoms with Crippen LogP contribution in [0.15, 0.2) is 11.1 Å². The number of rotatable bonds is 8. The largest absolute Gasteiger partial charge is 0.481 e. The fourth-order valence-corrected chi connectivity index (χ4v) is 13.5. The normalized spacial score (nSPS) is 41.4. The molecular weight excluding hydrogens is 614 g/mol. The van der Waals surface area contributed by atoms with E-state index in [2.05, 4.69) is 53.4 Å². The molecule has 0 aromatic rings. The Hall–Kier alpha value is -1.73. The van der Waals surface area contributed by atoms with Crippen LogP contribution < -0.4 is 0 Å². The molecule has 1 aliphatic heterocycles. The molecule has 0 radical (unpaired) electrons. The molecule has 0 unspecified atom stereocenters. The highest BCUT2D eigenvalue weighted by Gasteiger charge is 2.70. The number of carbonyl (C=O) groups excluding carboxylic acids is 2. The number of aliphatic hydroxyl groups excluding tert-OH is 1. The number of carboxylic acid groups (broad SMARTS) is 1. The van der Waals surface area contributed by atoms with Gasteiger partial charge in [-0.1, -0.05) is 60.5 Å². The van der Waals surface area contributed by atoms with Crippen LogP contribution in [-0.2, 0) is 19.1 Å². The zero-order valence-corrected chi connectivity index (χ0v) is 32.3. The van der Waals surface area contributed by atoms with Crippen molar-refractivity contribution in [3.63, 3.8) is 0 Å². The van der Waals surface area contributed by atoms with Crippen molar-refractivity contribution >= 4 is 17.7 Å². The number of likely N-dealkylation sites (tertiary alicyclic amines) is 1. The second-order valence-corrected chi connectivity index (χ2v) is 19.9. The minimum atomic E-state index is -1.15. The first-order valence-corrected chi connectivity index (χ1v) is 19.9. The van der Waals surface area contributed by atoms with Gasteiger partial charge in [0.1, 0.15) is 6.10 Å². The van der Waals surface area contributed by atoms with Crippen LogP contribution in [0.5, 0.6) is 0 Å². The van der Waals surface area contributed by atoms with Gasteiger partial charge in [0.15, 0.2) is 5.78 Å². The van der Waals surface area contributed by atoms with E-state index in [1.165, 1.54) is 24.8 Å². The van der Waals surface area contributed by atoms with Gasteiger partial charge in [0.25, 0.3) is 0 Å². The number of aliphatic carboxylic acids is 1. The summed E-state index contributed by atoms with van der Waals surface area (Å²) in [6.07, 6.45) is 11.4. The Kier molecular flexibility index (Phi) is 9.41. The van der Waals surface area contributed by atoms with E-state index >= 15 is 0 Å². The van der Waals surface area contributed by atoms with E-state index in [4.69, 9.17) is 4.74 Å². The molecule has 5 aliphatic carbocycles. The molecular formula is C42H67NO6. The number of aliphatic hydroxyl groups is 1. The lowest BCUT2D eigenvalue weighted by Crippen LogP contribution is -2.66. The van der Waals surface area contributed by atoms with E-state index in [1.54, 1.807) is 13.8 Å². The summed E-state index contributed by atoms with van der Waals surface area (Å²) in [6.45, 7) is 22.6. The number of hydrogen-bond acceptors (Lipinski definition) is 6. The molecule has 4 saturated carbocycles. The molecule has 1 heterocycles. The quantitative estimate of drug-likeness (QED) is 0.249. The lowest BCUT2D eigenvalue weighted by atomic mass is 9.33. The predicted molar refractivity (Wildman–Crippen MR) is 192 cm³/mol. The molecule has 1 saturated heterocycles. The average Bonchev–Trinajstić information content (AvgIpc) is 3.32. The van der Waals surface area contributed by atoms with Crippen molar-refractivity contribution in [3.05, 3.63) is 11.1 Å². The maximum Gasteiger partial charge on any atom is 0.309 e. The van der Waals surface area contributed by atoms with Gasteiger partial charge in [-0.3, -0.25) is 14.4 Å². The van der Waals surface area contributed by atoms with Gasteiger partial charge < -0.3 is 19.8 Å². The van der Waals surface area contributed by atoms with Crippen molar-refractivity contribution in [1.82, 2.24) is 4.90 Å². The molecule has 49 heavy (non-hydrogen) atoms. The van der Waals surface area contributed by atoms with Gasteiger partial charge in [0, 0.05) is 23.8 Å². The molecule has 0 bridgehead atoms. The van der Waals surface area contributed by atoms with E-state index in [0.29, 0.717) is 30.7 Å². The van der Waals surface area contributed by atoms with Crippen LogP contribution in [0.4, 0.5) is 0 Å². The van der Waals surface area contributed by atoms with Gasteiger partial charge in [-0.2, -0.15) is 0 Å². The monoisotopic (exact) mass is 681 g/mol. The first kappa shape index (κ1) is 37.0. The third kappa shape index (κ3) is 5.60. The number of carboxylic acids is 1.